The van der Waals surface area contributed by atoms with Crippen molar-refractivity contribution >= 4 is 23.2 Å². The molecule has 2 N–H and O–H groups in total. The molecule has 1 atom stereocenters. The highest BCUT2D eigenvalue weighted by molar-refractivity contribution is 6.30. The molecular formula is C14H18ClFN2O. The molecule has 2 rings (SSSR count). The summed E-state index contributed by atoms with van der Waals surface area (Å²) in [7, 11) is 0. The minimum absolute atomic E-state index is 0.112. The van der Waals surface area contributed by atoms with Gasteiger partial charge in [0.25, 0.3) is 0 Å². The summed E-state index contributed by atoms with van der Waals surface area (Å²) in [6.07, 6.45) is 2.05. The molecule has 104 valence electrons. The molecule has 1 aliphatic rings. The third kappa shape index (κ3) is 3.45. The Morgan fingerprint density at radius 1 is 1.47 bits per heavy atom. The molecule has 1 amide bonds. The molecule has 1 saturated heterocycles. The zero-order valence-corrected chi connectivity index (χ0v) is 11.9. The van der Waals surface area contributed by atoms with E-state index in [1.807, 2.05) is 0 Å². The van der Waals surface area contributed by atoms with E-state index < -0.39 is 5.82 Å². The van der Waals surface area contributed by atoms with Crippen LogP contribution >= 0.6 is 11.6 Å². The third-order valence-corrected chi connectivity index (χ3v) is 3.74. The number of hydrogen-bond acceptors (Lipinski definition) is 2. The molecule has 0 aromatic heterocycles. The van der Waals surface area contributed by atoms with Crippen LogP contribution in [0.4, 0.5) is 10.1 Å². The number of amides is 1. The number of hydrogen-bond donors (Lipinski definition) is 2. The van der Waals surface area contributed by atoms with Gasteiger partial charge in [-0.25, -0.2) is 4.39 Å². The molecule has 1 heterocycles. The average molecular weight is 285 g/mol. The van der Waals surface area contributed by atoms with Crippen molar-refractivity contribution in [3.05, 3.63) is 29.0 Å². The molecule has 0 spiro atoms. The van der Waals surface area contributed by atoms with Gasteiger partial charge in [-0.3, -0.25) is 4.79 Å². The van der Waals surface area contributed by atoms with Gasteiger partial charge in [-0.1, -0.05) is 25.4 Å². The predicted molar refractivity (Wildman–Crippen MR) is 74.8 cm³/mol. The van der Waals surface area contributed by atoms with Gasteiger partial charge in [-0.2, -0.15) is 0 Å². The highest BCUT2D eigenvalue weighted by Gasteiger charge is 2.37. The molecule has 0 saturated carbocycles. The second-order valence-electron chi connectivity index (χ2n) is 5.63. The summed E-state index contributed by atoms with van der Waals surface area (Å²) in [5, 5.41) is 6.21. The number of piperidine rings is 1. The van der Waals surface area contributed by atoms with Crippen LogP contribution in [0.25, 0.3) is 0 Å². The Morgan fingerprint density at radius 3 is 2.84 bits per heavy atom. The molecule has 19 heavy (non-hydrogen) atoms. The van der Waals surface area contributed by atoms with Gasteiger partial charge in [-0.05, 0) is 43.0 Å². The first-order chi connectivity index (χ1) is 8.88. The molecule has 0 aliphatic carbocycles. The Kier molecular flexibility index (Phi) is 4.11. The maximum absolute atomic E-state index is 13.2. The lowest BCUT2D eigenvalue weighted by molar-refractivity contribution is -0.121. The lowest BCUT2D eigenvalue weighted by atomic mass is 9.77. The van der Waals surface area contributed by atoms with E-state index in [4.69, 9.17) is 11.6 Å². The third-order valence-electron chi connectivity index (χ3n) is 3.52. The molecule has 1 unspecified atom stereocenters. The number of carbonyl (C=O) groups is 1. The fourth-order valence-electron chi connectivity index (χ4n) is 2.50. The summed E-state index contributed by atoms with van der Waals surface area (Å²) >= 11 is 5.77. The summed E-state index contributed by atoms with van der Waals surface area (Å²) in [5.74, 6) is -0.606. The maximum Gasteiger partial charge on any atom is 0.242 e. The van der Waals surface area contributed by atoms with E-state index in [9.17, 15) is 9.18 Å². The molecule has 1 aromatic carbocycles. The molecule has 1 aromatic rings. The van der Waals surface area contributed by atoms with E-state index >= 15 is 0 Å². The summed E-state index contributed by atoms with van der Waals surface area (Å²) in [4.78, 5) is 12.3. The van der Waals surface area contributed by atoms with Crippen molar-refractivity contribution in [1.29, 1.82) is 0 Å². The smallest absolute Gasteiger partial charge is 0.242 e. The zero-order valence-electron chi connectivity index (χ0n) is 11.1. The van der Waals surface area contributed by atoms with Gasteiger partial charge in [0, 0.05) is 10.7 Å². The first kappa shape index (κ1) is 14.3. The molecule has 0 radical (unpaired) electrons. The Hall–Kier alpha value is -1.13. The Balaban J connectivity index is 2.12. The lowest BCUT2D eigenvalue weighted by Gasteiger charge is -2.38. The van der Waals surface area contributed by atoms with Gasteiger partial charge in [0.1, 0.15) is 5.82 Å². The summed E-state index contributed by atoms with van der Waals surface area (Å²) < 4.78 is 13.2. The quantitative estimate of drug-likeness (QED) is 0.876. The van der Waals surface area contributed by atoms with Crippen molar-refractivity contribution in [1.82, 2.24) is 5.32 Å². The van der Waals surface area contributed by atoms with E-state index in [0.29, 0.717) is 5.69 Å². The number of carbonyl (C=O) groups excluding carboxylic acids is 1. The molecule has 1 aliphatic heterocycles. The van der Waals surface area contributed by atoms with Crippen LogP contribution in [0.1, 0.15) is 26.7 Å². The van der Waals surface area contributed by atoms with Crippen molar-refractivity contribution in [3.63, 3.8) is 0 Å². The van der Waals surface area contributed by atoms with Crippen LogP contribution in [-0.4, -0.2) is 18.5 Å². The fraction of sp³-hybridized carbons (Fsp3) is 0.500. The summed E-state index contributed by atoms with van der Waals surface area (Å²) in [6, 6.07) is 3.74. The van der Waals surface area contributed by atoms with Crippen molar-refractivity contribution in [2.24, 2.45) is 5.41 Å². The van der Waals surface area contributed by atoms with Gasteiger partial charge in [0.15, 0.2) is 0 Å². The number of anilines is 1. The van der Waals surface area contributed by atoms with Crippen LogP contribution in [0.15, 0.2) is 18.2 Å². The SMILES string of the molecule is CC1(C)CCCNC1C(=O)Nc1cc(F)cc(Cl)c1. The highest BCUT2D eigenvalue weighted by atomic mass is 35.5. The van der Waals surface area contributed by atoms with Crippen molar-refractivity contribution < 1.29 is 9.18 Å². The number of rotatable bonds is 2. The van der Waals surface area contributed by atoms with Crippen LogP contribution in [0.5, 0.6) is 0 Å². The standard InChI is InChI=1S/C14H18ClFN2O/c1-14(2)4-3-5-17-12(14)13(19)18-11-7-9(15)6-10(16)8-11/h6-8,12,17H,3-5H2,1-2H3,(H,18,19). The second-order valence-corrected chi connectivity index (χ2v) is 6.06. The predicted octanol–water partition coefficient (Wildman–Crippen LogP) is 3.20. The molecule has 1 fully saturated rings. The number of halogens is 2. The van der Waals surface area contributed by atoms with Gasteiger partial charge >= 0.3 is 0 Å². The normalized spacial score (nSPS) is 22.0. The molecule has 5 heteroatoms. The summed E-state index contributed by atoms with van der Waals surface area (Å²) in [5.41, 5.74) is 0.276. The molecular weight excluding hydrogens is 267 g/mol. The van der Waals surface area contributed by atoms with Crippen LogP contribution in [-0.2, 0) is 4.79 Å². The minimum Gasteiger partial charge on any atom is -0.325 e. The number of benzene rings is 1. The van der Waals surface area contributed by atoms with Gasteiger partial charge in [0.2, 0.25) is 5.91 Å². The van der Waals surface area contributed by atoms with E-state index in [0.717, 1.165) is 19.4 Å². The van der Waals surface area contributed by atoms with Crippen molar-refractivity contribution in [2.75, 3.05) is 11.9 Å². The second kappa shape index (κ2) is 5.47. The van der Waals surface area contributed by atoms with E-state index in [1.54, 1.807) is 6.07 Å². The van der Waals surface area contributed by atoms with E-state index in [2.05, 4.69) is 24.5 Å². The van der Waals surface area contributed by atoms with E-state index in [-0.39, 0.29) is 22.4 Å². The fourth-order valence-corrected chi connectivity index (χ4v) is 2.72. The Bertz CT molecular complexity index is 470. The summed E-state index contributed by atoms with van der Waals surface area (Å²) in [6.45, 7) is 4.94. The zero-order chi connectivity index (χ0) is 14.0. The van der Waals surface area contributed by atoms with Gasteiger partial charge in [0.05, 0.1) is 6.04 Å². The van der Waals surface area contributed by atoms with Gasteiger partial charge in [-0.15, -0.1) is 0 Å². The van der Waals surface area contributed by atoms with Crippen LogP contribution in [0, 0.1) is 11.2 Å². The first-order valence-electron chi connectivity index (χ1n) is 6.39. The van der Waals surface area contributed by atoms with Gasteiger partial charge < -0.3 is 10.6 Å². The van der Waals surface area contributed by atoms with Crippen LogP contribution in [0.2, 0.25) is 5.02 Å². The lowest BCUT2D eigenvalue weighted by Crippen LogP contribution is -2.53. The number of nitrogens with one attached hydrogen (secondary N) is 2. The maximum atomic E-state index is 13.2. The minimum atomic E-state index is -0.460. The first-order valence-corrected chi connectivity index (χ1v) is 6.77. The van der Waals surface area contributed by atoms with Crippen molar-refractivity contribution in [2.45, 2.75) is 32.7 Å². The highest BCUT2D eigenvalue weighted by Crippen LogP contribution is 2.31. The van der Waals surface area contributed by atoms with E-state index in [1.165, 1.54) is 12.1 Å². The Labute approximate surface area is 117 Å². The monoisotopic (exact) mass is 284 g/mol. The Morgan fingerprint density at radius 2 is 2.21 bits per heavy atom. The van der Waals surface area contributed by atoms with Crippen LogP contribution in [0.3, 0.4) is 0 Å². The molecule has 3 nitrogen and oxygen atoms in total. The molecule has 0 bridgehead atoms. The largest absolute Gasteiger partial charge is 0.325 e. The van der Waals surface area contributed by atoms with Crippen molar-refractivity contribution in [3.8, 4) is 0 Å². The average Bonchev–Trinajstić information content (AvgIpc) is 2.26. The van der Waals surface area contributed by atoms with Crippen LogP contribution < -0.4 is 10.6 Å². The topological polar surface area (TPSA) is 41.1 Å².